The van der Waals surface area contributed by atoms with Gasteiger partial charge in [0.05, 0.1) is 0 Å². The molecule has 0 saturated carbocycles. The van der Waals surface area contributed by atoms with Gasteiger partial charge in [-0.15, -0.1) is 9.24 Å². The quantitative estimate of drug-likeness (QED) is 0.504. The molecule has 1 radical (unpaired) electrons. The Hall–Kier alpha value is 0.449. The average molecular weight is 274 g/mol. The van der Waals surface area contributed by atoms with Gasteiger partial charge in [0.1, 0.15) is 0 Å². The maximum absolute atomic E-state index is 2.63. The molecular weight excluding hydrogens is 258 g/mol. The van der Waals surface area contributed by atoms with Gasteiger partial charge in [-0.2, -0.15) is 0 Å². The van der Waals surface area contributed by atoms with Gasteiger partial charge >= 0.3 is 34.6 Å². The van der Waals surface area contributed by atoms with Crippen LogP contribution in [0, 0.1) is 0 Å². The molecule has 0 amide bonds. The van der Waals surface area contributed by atoms with E-state index in [1.807, 2.05) is 30.3 Å². The summed E-state index contributed by atoms with van der Waals surface area (Å²) >= 11 is -0.543. The zero-order chi connectivity index (χ0) is 8.69. The SMILES string of the molecule is Pc1ccccc1.[CH3][Sn]([CH3])[CH3]. The first-order chi connectivity index (χ1) is 5.13. The van der Waals surface area contributed by atoms with Crippen LogP contribution in [0.4, 0.5) is 0 Å². The van der Waals surface area contributed by atoms with E-state index < -0.39 is 19.8 Å². The van der Waals surface area contributed by atoms with Crippen molar-refractivity contribution in [2.75, 3.05) is 0 Å². The third kappa shape index (κ3) is 10.4. The molecule has 2 heteroatoms. The molecule has 61 valence electrons. The zero-order valence-corrected chi connectivity index (χ0v) is 11.5. The van der Waals surface area contributed by atoms with Gasteiger partial charge < -0.3 is 0 Å². The maximum atomic E-state index is 2.63. The van der Waals surface area contributed by atoms with Crippen molar-refractivity contribution in [1.29, 1.82) is 0 Å². The molecule has 0 nitrogen and oxygen atoms in total. The molecule has 0 fully saturated rings. The van der Waals surface area contributed by atoms with E-state index in [0.717, 1.165) is 0 Å². The summed E-state index contributed by atoms with van der Waals surface area (Å²) in [6.07, 6.45) is 0. The van der Waals surface area contributed by atoms with Crippen molar-refractivity contribution in [3.8, 4) is 0 Å². The molecule has 0 spiro atoms. The predicted octanol–water partition coefficient (Wildman–Crippen LogP) is 2.56. The predicted molar refractivity (Wildman–Crippen MR) is 59.1 cm³/mol. The molecule has 1 aromatic rings. The molecule has 1 unspecified atom stereocenters. The zero-order valence-electron chi connectivity index (χ0n) is 7.46. The Kier molecular flexibility index (Phi) is 7.41. The van der Waals surface area contributed by atoms with Crippen molar-refractivity contribution in [1.82, 2.24) is 0 Å². The van der Waals surface area contributed by atoms with Crippen LogP contribution in [0.5, 0.6) is 0 Å². The molecule has 1 aromatic carbocycles. The van der Waals surface area contributed by atoms with Gasteiger partial charge in [-0.1, -0.05) is 30.3 Å². The molecule has 0 aliphatic heterocycles. The number of hydrogen-bond donors (Lipinski definition) is 0. The molecule has 0 heterocycles. The number of hydrogen-bond acceptors (Lipinski definition) is 0. The standard InChI is InChI=1S/C6H7P.3CH3.Sn/c7-6-4-2-1-3-5-6;;;;/h1-5H,7H2;3*1H3;. The van der Waals surface area contributed by atoms with Gasteiger partial charge in [-0.25, -0.2) is 0 Å². The topological polar surface area (TPSA) is 0 Å². The molecule has 0 N–H and O–H groups in total. The van der Waals surface area contributed by atoms with Gasteiger partial charge in [0.15, 0.2) is 0 Å². The number of rotatable bonds is 0. The van der Waals surface area contributed by atoms with Crippen molar-refractivity contribution >= 4 is 34.3 Å². The molecule has 0 bridgehead atoms. The second kappa shape index (κ2) is 7.12. The van der Waals surface area contributed by atoms with Crippen LogP contribution in [-0.4, -0.2) is 19.8 Å². The minimum absolute atomic E-state index is 0.543. The minimum atomic E-state index is -0.543. The summed E-state index contributed by atoms with van der Waals surface area (Å²) in [5, 5.41) is 1.24. The van der Waals surface area contributed by atoms with E-state index in [4.69, 9.17) is 0 Å². The van der Waals surface area contributed by atoms with Crippen LogP contribution in [0.25, 0.3) is 0 Å². The third-order valence-corrected chi connectivity index (χ3v) is 1.18. The first kappa shape index (κ1) is 11.4. The van der Waals surface area contributed by atoms with E-state index in [9.17, 15) is 0 Å². The Balaban J connectivity index is 0.000000218. The van der Waals surface area contributed by atoms with Crippen molar-refractivity contribution in [2.24, 2.45) is 0 Å². The second-order valence-corrected chi connectivity index (χ2v) is 12.1. The van der Waals surface area contributed by atoms with Gasteiger partial charge in [0.2, 0.25) is 0 Å². The molecule has 0 aliphatic carbocycles. The summed E-state index contributed by atoms with van der Waals surface area (Å²) in [6, 6.07) is 10.1. The van der Waals surface area contributed by atoms with E-state index in [1.54, 1.807) is 0 Å². The molecular formula is C9H16PSn. The Morgan fingerprint density at radius 2 is 1.36 bits per heavy atom. The van der Waals surface area contributed by atoms with Crippen molar-refractivity contribution in [3.05, 3.63) is 30.3 Å². The Bertz CT molecular complexity index is 169. The molecule has 1 atom stereocenters. The van der Waals surface area contributed by atoms with Crippen LogP contribution in [-0.2, 0) is 0 Å². The van der Waals surface area contributed by atoms with Gasteiger partial charge in [0.25, 0.3) is 0 Å². The Morgan fingerprint density at radius 1 is 1.00 bits per heavy atom. The van der Waals surface area contributed by atoms with Gasteiger partial charge in [-0.05, 0) is 5.30 Å². The summed E-state index contributed by atoms with van der Waals surface area (Å²) < 4.78 is 0. The van der Waals surface area contributed by atoms with E-state index in [2.05, 4.69) is 24.1 Å². The third-order valence-electron chi connectivity index (χ3n) is 0.800. The fourth-order valence-corrected chi connectivity index (χ4v) is 0.675. The van der Waals surface area contributed by atoms with E-state index in [1.165, 1.54) is 5.30 Å². The van der Waals surface area contributed by atoms with Gasteiger partial charge in [0, 0.05) is 0 Å². The van der Waals surface area contributed by atoms with E-state index in [0.29, 0.717) is 0 Å². The van der Waals surface area contributed by atoms with Crippen LogP contribution in [0.2, 0.25) is 14.8 Å². The van der Waals surface area contributed by atoms with Crippen LogP contribution in [0.15, 0.2) is 30.3 Å². The second-order valence-electron chi connectivity index (χ2n) is 2.91. The van der Waals surface area contributed by atoms with E-state index >= 15 is 0 Å². The summed E-state index contributed by atoms with van der Waals surface area (Å²) in [5.74, 6) is 0. The average Bonchev–Trinajstić information content (AvgIpc) is 1.87. The molecule has 1 rings (SSSR count). The van der Waals surface area contributed by atoms with Crippen LogP contribution in [0.1, 0.15) is 0 Å². The fourth-order valence-electron chi connectivity index (χ4n) is 0.453. The first-order valence-corrected chi connectivity index (χ1v) is 12.8. The molecule has 11 heavy (non-hydrogen) atoms. The number of benzene rings is 1. The normalized spacial score (nSPS) is 8.82. The summed E-state index contributed by atoms with van der Waals surface area (Å²) in [6.45, 7) is 0. The van der Waals surface area contributed by atoms with Crippen molar-refractivity contribution in [2.45, 2.75) is 14.8 Å². The monoisotopic (exact) mass is 275 g/mol. The van der Waals surface area contributed by atoms with Crippen LogP contribution in [0.3, 0.4) is 0 Å². The van der Waals surface area contributed by atoms with Gasteiger partial charge in [-0.3, -0.25) is 0 Å². The molecule has 0 saturated heterocycles. The van der Waals surface area contributed by atoms with Crippen LogP contribution < -0.4 is 5.30 Å². The summed E-state index contributed by atoms with van der Waals surface area (Å²) in [7, 11) is 2.63. The molecule has 0 aliphatic rings. The van der Waals surface area contributed by atoms with E-state index in [-0.39, 0.29) is 0 Å². The first-order valence-electron chi connectivity index (χ1n) is 3.70. The summed E-state index contributed by atoms with van der Waals surface area (Å²) in [5.41, 5.74) is 0. The molecule has 0 aromatic heterocycles. The Labute approximate surface area is 79.3 Å². The van der Waals surface area contributed by atoms with Crippen molar-refractivity contribution < 1.29 is 0 Å². The summed E-state index contributed by atoms with van der Waals surface area (Å²) in [4.78, 5) is 7.09. The Morgan fingerprint density at radius 3 is 1.55 bits per heavy atom. The van der Waals surface area contributed by atoms with Crippen LogP contribution >= 0.6 is 9.24 Å². The van der Waals surface area contributed by atoms with Crippen molar-refractivity contribution in [3.63, 3.8) is 0 Å². The fraction of sp³-hybridized carbons (Fsp3) is 0.333.